The third kappa shape index (κ3) is 5.11. The number of para-hydroxylation sites is 1. The molecule has 0 radical (unpaired) electrons. The molecule has 1 heterocycles. The van der Waals surface area contributed by atoms with Crippen molar-refractivity contribution in [3.8, 4) is 0 Å². The molecule has 1 aromatic carbocycles. The molecule has 3 N–H and O–H groups in total. The fourth-order valence-corrected chi connectivity index (χ4v) is 4.29. The van der Waals surface area contributed by atoms with Crippen molar-refractivity contribution in [3.05, 3.63) is 41.3 Å². The lowest BCUT2D eigenvalue weighted by Crippen LogP contribution is -2.21. The molecule has 1 amide bonds. The van der Waals surface area contributed by atoms with Gasteiger partial charge in [-0.2, -0.15) is 0 Å². The lowest BCUT2D eigenvalue weighted by Gasteiger charge is -2.09. The number of hydrogen-bond acceptors (Lipinski definition) is 8. The number of sulfone groups is 1. The predicted molar refractivity (Wildman–Crippen MR) is 94.2 cm³/mol. The largest absolute Gasteiger partial charge is 0.452 e. The number of ether oxygens (including phenoxy) is 1. The number of hydrogen-bond donors (Lipinski definition) is 2. The summed E-state index contributed by atoms with van der Waals surface area (Å²) in [5.74, 6) is -1.67. The standard InChI is InChI=1S/C14H14N2O7S3/c1-25(19,20)11-5-3-2-4-10(11)16-12(17)7-23-14(18)9-6-13(24-8-9)26(15,21)22/h2-6,8H,7H2,1H3,(H,16,17)(H2,15,21,22). The zero-order valence-corrected chi connectivity index (χ0v) is 15.8. The monoisotopic (exact) mass is 418 g/mol. The highest BCUT2D eigenvalue weighted by Gasteiger charge is 2.18. The lowest BCUT2D eigenvalue weighted by molar-refractivity contribution is -0.119. The number of primary sulfonamides is 1. The number of carbonyl (C=O) groups is 2. The highest BCUT2D eigenvalue weighted by molar-refractivity contribution is 7.91. The fourth-order valence-electron chi connectivity index (χ4n) is 1.87. The Morgan fingerprint density at radius 2 is 1.85 bits per heavy atom. The minimum Gasteiger partial charge on any atom is -0.452 e. The second-order valence-electron chi connectivity index (χ2n) is 5.09. The topological polar surface area (TPSA) is 150 Å². The summed E-state index contributed by atoms with van der Waals surface area (Å²) in [5.41, 5.74) is -0.00791. The van der Waals surface area contributed by atoms with Crippen molar-refractivity contribution in [1.29, 1.82) is 0 Å². The smallest absolute Gasteiger partial charge is 0.339 e. The van der Waals surface area contributed by atoms with Crippen LogP contribution in [0, 0.1) is 0 Å². The SMILES string of the molecule is CS(=O)(=O)c1ccccc1NC(=O)COC(=O)c1csc(S(N)(=O)=O)c1. The zero-order valence-electron chi connectivity index (χ0n) is 13.3. The molecule has 1 aromatic heterocycles. The summed E-state index contributed by atoms with van der Waals surface area (Å²) in [7, 11) is -7.49. The maximum atomic E-state index is 11.9. The van der Waals surface area contributed by atoms with Crippen molar-refractivity contribution < 1.29 is 31.2 Å². The number of nitrogens with two attached hydrogens (primary N) is 1. The molecular formula is C14H14N2O7S3. The number of benzene rings is 1. The van der Waals surface area contributed by atoms with E-state index in [1.165, 1.54) is 29.6 Å². The normalized spacial score (nSPS) is 11.8. The van der Waals surface area contributed by atoms with Crippen LogP contribution in [0.5, 0.6) is 0 Å². The van der Waals surface area contributed by atoms with Crippen molar-refractivity contribution in [1.82, 2.24) is 0 Å². The van der Waals surface area contributed by atoms with Crippen molar-refractivity contribution in [2.45, 2.75) is 9.10 Å². The average Bonchev–Trinajstić information content (AvgIpc) is 3.02. The summed E-state index contributed by atoms with van der Waals surface area (Å²) in [6.07, 6.45) is 0.998. The molecule has 0 saturated carbocycles. The molecule has 0 fully saturated rings. The van der Waals surface area contributed by atoms with Gasteiger partial charge >= 0.3 is 5.97 Å². The maximum Gasteiger partial charge on any atom is 0.339 e. The van der Waals surface area contributed by atoms with E-state index in [4.69, 9.17) is 9.88 Å². The summed E-state index contributed by atoms with van der Waals surface area (Å²) >= 11 is 0.745. The zero-order chi connectivity index (χ0) is 19.5. The number of anilines is 1. The first kappa shape index (κ1) is 20.0. The second kappa shape index (κ2) is 7.53. The van der Waals surface area contributed by atoms with Crippen LogP contribution in [-0.2, 0) is 29.4 Å². The van der Waals surface area contributed by atoms with Gasteiger partial charge in [0.2, 0.25) is 10.0 Å². The van der Waals surface area contributed by atoms with E-state index in [-0.39, 0.29) is 20.4 Å². The summed E-state index contributed by atoms with van der Waals surface area (Å²) in [6, 6.07) is 6.81. The van der Waals surface area contributed by atoms with Gasteiger partial charge in [-0.3, -0.25) is 4.79 Å². The van der Waals surface area contributed by atoms with Gasteiger partial charge in [-0.25, -0.2) is 26.8 Å². The van der Waals surface area contributed by atoms with E-state index in [9.17, 15) is 26.4 Å². The number of sulfonamides is 1. The minimum atomic E-state index is -3.93. The lowest BCUT2D eigenvalue weighted by atomic mass is 10.3. The Balaban J connectivity index is 2.02. The Morgan fingerprint density at radius 3 is 2.42 bits per heavy atom. The number of amides is 1. The Labute approximate surface area is 153 Å². The van der Waals surface area contributed by atoms with Crippen LogP contribution in [0.3, 0.4) is 0 Å². The third-order valence-corrected chi connectivity index (χ3v) is 6.53. The summed E-state index contributed by atoms with van der Waals surface area (Å²) < 4.78 is 50.3. The molecule has 0 aliphatic rings. The van der Waals surface area contributed by atoms with E-state index in [2.05, 4.69) is 5.32 Å². The average molecular weight is 418 g/mol. The third-order valence-electron chi connectivity index (χ3n) is 2.99. The maximum absolute atomic E-state index is 11.9. The number of carbonyl (C=O) groups excluding carboxylic acids is 2. The van der Waals surface area contributed by atoms with Crippen LogP contribution in [0.2, 0.25) is 0 Å². The molecule has 0 saturated heterocycles. The molecule has 0 spiro atoms. The van der Waals surface area contributed by atoms with Gasteiger partial charge in [0.1, 0.15) is 4.21 Å². The summed E-state index contributed by atoms with van der Waals surface area (Å²) in [5, 5.41) is 8.52. The van der Waals surface area contributed by atoms with Crippen LogP contribution in [0.1, 0.15) is 10.4 Å². The molecule has 2 aromatic rings. The van der Waals surface area contributed by atoms with Gasteiger partial charge in [-0.1, -0.05) is 12.1 Å². The molecule has 2 rings (SSSR count). The van der Waals surface area contributed by atoms with E-state index >= 15 is 0 Å². The highest BCUT2D eigenvalue weighted by atomic mass is 32.2. The molecule has 0 aliphatic carbocycles. The molecule has 0 atom stereocenters. The van der Waals surface area contributed by atoms with E-state index in [1.54, 1.807) is 0 Å². The number of nitrogens with one attached hydrogen (secondary N) is 1. The fraction of sp³-hybridized carbons (Fsp3) is 0.143. The van der Waals surface area contributed by atoms with Crippen molar-refractivity contribution in [2.24, 2.45) is 5.14 Å². The van der Waals surface area contributed by atoms with Crippen LogP contribution >= 0.6 is 11.3 Å². The van der Waals surface area contributed by atoms with E-state index in [1.807, 2.05) is 0 Å². The molecular weight excluding hydrogens is 404 g/mol. The van der Waals surface area contributed by atoms with Gasteiger partial charge in [-0.15, -0.1) is 11.3 Å². The van der Waals surface area contributed by atoms with Crippen molar-refractivity contribution in [2.75, 3.05) is 18.2 Å². The van der Waals surface area contributed by atoms with Crippen LogP contribution < -0.4 is 10.5 Å². The van der Waals surface area contributed by atoms with Gasteiger partial charge in [0.25, 0.3) is 5.91 Å². The molecule has 0 bridgehead atoms. The van der Waals surface area contributed by atoms with Crippen molar-refractivity contribution in [3.63, 3.8) is 0 Å². The Hall–Kier alpha value is -2.28. The number of rotatable bonds is 6. The van der Waals surface area contributed by atoms with Gasteiger partial charge in [0.05, 0.1) is 16.1 Å². The molecule has 26 heavy (non-hydrogen) atoms. The quantitative estimate of drug-likeness (QED) is 0.652. The first-order valence-electron chi connectivity index (χ1n) is 6.86. The summed E-state index contributed by atoms with van der Waals surface area (Å²) in [4.78, 5) is 23.7. The first-order valence-corrected chi connectivity index (χ1v) is 11.2. The predicted octanol–water partition coefficient (Wildman–Crippen LogP) is 0.595. The molecule has 12 heteroatoms. The van der Waals surface area contributed by atoms with Gasteiger partial charge in [0.15, 0.2) is 16.4 Å². The Morgan fingerprint density at radius 1 is 1.19 bits per heavy atom. The minimum absolute atomic E-state index is 0.0584. The van der Waals surface area contributed by atoms with E-state index in [0.29, 0.717) is 0 Å². The van der Waals surface area contributed by atoms with E-state index in [0.717, 1.165) is 23.7 Å². The number of thiophene rings is 1. The molecule has 9 nitrogen and oxygen atoms in total. The van der Waals surface area contributed by atoms with Crippen LogP contribution in [0.15, 0.2) is 44.8 Å². The molecule has 0 aliphatic heterocycles. The van der Waals surface area contributed by atoms with Crippen LogP contribution in [-0.4, -0.2) is 41.6 Å². The number of esters is 1. The van der Waals surface area contributed by atoms with Crippen LogP contribution in [0.4, 0.5) is 5.69 Å². The van der Waals surface area contributed by atoms with Crippen LogP contribution in [0.25, 0.3) is 0 Å². The Kier molecular flexibility index (Phi) is 5.81. The van der Waals surface area contributed by atoms with E-state index < -0.39 is 38.3 Å². The van der Waals surface area contributed by atoms with Crippen molar-refractivity contribution >= 4 is 48.8 Å². The summed E-state index contributed by atoms with van der Waals surface area (Å²) in [6.45, 7) is -0.683. The van der Waals surface area contributed by atoms with Gasteiger partial charge in [-0.05, 0) is 18.2 Å². The van der Waals surface area contributed by atoms with Gasteiger partial charge in [0, 0.05) is 11.6 Å². The highest BCUT2D eigenvalue weighted by Crippen LogP contribution is 2.21. The molecule has 0 unspecified atom stereocenters. The molecule has 140 valence electrons. The van der Waals surface area contributed by atoms with Gasteiger partial charge < -0.3 is 10.1 Å². The Bertz CT molecular complexity index is 1060. The first-order chi connectivity index (χ1) is 12.0. The second-order valence-corrected chi connectivity index (χ2v) is 9.78.